The predicted octanol–water partition coefficient (Wildman–Crippen LogP) is 1.40. The van der Waals surface area contributed by atoms with Gasteiger partial charge in [-0.25, -0.2) is 8.42 Å². The third kappa shape index (κ3) is 2.14. The normalized spacial score (nSPS) is 16.4. The fourth-order valence-corrected chi connectivity index (χ4v) is 3.12. The molecular formula is C13H17NO3S. The van der Waals surface area contributed by atoms with E-state index in [4.69, 9.17) is 0 Å². The van der Waals surface area contributed by atoms with E-state index < -0.39 is 15.1 Å². The Morgan fingerprint density at radius 2 is 2.06 bits per heavy atom. The van der Waals surface area contributed by atoms with Crippen molar-refractivity contribution in [1.29, 1.82) is 0 Å². The van der Waals surface area contributed by atoms with Crippen LogP contribution < -0.4 is 4.90 Å². The van der Waals surface area contributed by atoms with Gasteiger partial charge >= 0.3 is 0 Å². The molecule has 98 valence electrons. The lowest BCUT2D eigenvalue weighted by atomic mass is 10.2. The molecule has 1 aliphatic rings. The highest BCUT2D eigenvalue weighted by Gasteiger charge is 2.33. The van der Waals surface area contributed by atoms with Crippen LogP contribution in [0.4, 0.5) is 5.69 Å². The van der Waals surface area contributed by atoms with Crippen molar-refractivity contribution in [3.8, 4) is 0 Å². The summed E-state index contributed by atoms with van der Waals surface area (Å²) in [5.41, 5.74) is 1.95. The van der Waals surface area contributed by atoms with Gasteiger partial charge in [0.15, 0.2) is 9.84 Å². The molecule has 0 fully saturated rings. The van der Waals surface area contributed by atoms with Crippen LogP contribution in [-0.4, -0.2) is 31.9 Å². The Kier molecular flexibility index (Phi) is 3.43. The van der Waals surface area contributed by atoms with Crippen LogP contribution in [0.2, 0.25) is 0 Å². The van der Waals surface area contributed by atoms with Crippen molar-refractivity contribution in [3.63, 3.8) is 0 Å². The molecule has 2 rings (SSSR count). The molecule has 4 nitrogen and oxygen atoms in total. The minimum atomic E-state index is -3.33. The average molecular weight is 267 g/mol. The molecule has 0 radical (unpaired) electrons. The number of amides is 1. The highest BCUT2D eigenvalue weighted by atomic mass is 32.2. The van der Waals surface area contributed by atoms with Gasteiger partial charge in [-0.1, -0.05) is 25.1 Å². The zero-order chi connectivity index (χ0) is 13.3. The molecule has 0 aliphatic carbocycles. The lowest BCUT2D eigenvalue weighted by molar-refractivity contribution is -0.117. The number of rotatable bonds is 3. The minimum absolute atomic E-state index is 0.00457. The van der Waals surface area contributed by atoms with E-state index in [2.05, 4.69) is 0 Å². The van der Waals surface area contributed by atoms with E-state index in [0.717, 1.165) is 17.7 Å². The standard InChI is InChI=1S/C13H17NO3S/c1-3-18(16,17)10(2)13(15)14-9-8-11-6-4-5-7-12(11)14/h4-7,10H,3,8-9H2,1-2H3. The third-order valence-electron chi connectivity index (χ3n) is 3.44. The van der Waals surface area contributed by atoms with Crippen molar-refractivity contribution < 1.29 is 13.2 Å². The lowest BCUT2D eigenvalue weighted by Gasteiger charge is -2.21. The second kappa shape index (κ2) is 4.72. The molecule has 18 heavy (non-hydrogen) atoms. The van der Waals surface area contributed by atoms with Gasteiger partial charge in [0.05, 0.1) is 0 Å². The van der Waals surface area contributed by atoms with Crippen LogP contribution in [0.15, 0.2) is 24.3 Å². The summed E-state index contributed by atoms with van der Waals surface area (Å²) in [5.74, 6) is -0.322. The van der Waals surface area contributed by atoms with E-state index in [1.165, 1.54) is 6.92 Å². The highest BCUT2D eigenvalue weighted by Crippen LogP contribution is 2.28. The number of para-hydroxylation sites is 1. The molecule has 1 aliphatic heterocycles. The smallest absolute Gasteiger partial charge is 0.245 e. The van der Waals surface area contributed by atoms with Crippen molar-refractivity contribution in [2.45, 2.75) is 25.5 Å². The Hall–Kier alpha value is -1.36. The molecule has 0 saturated heterocycles. The third-order valence-corrected chi connectivity index (χ3v) is 5.53. The molecule has 1 amide bonds. The first-order chi connectivity index (χ1) is 8.47. The fourth-order valence-electron chi connectivity index (χ4n) is 2.19. The van der Waals surface area contributed by atoms with Crippen LogP contribution in [0.1, 0.15) is 19.4 Å². The lowest BCUT2D eigenvalue weighted by Crippen LogP contribution is -2.41. The van der Waals surface area contributed by atoms with Gasteiger partial charge in [-0.3, -0.25) is 4.79 Å². The second-order valence-electron chi connectivity index (χ2n) is 4.46. The number of fused-ring (bicyclic) bond motifs is 1. The van der Waals surface area contributed by atoms with Gasteiger partial charge in [-0.05, 0) is 25.0 Å². The average Bonchev–Trinajstić information content (AvgIpc) is 2.80. The Bertz CT molecular complexity index is 565. The SMILES string of the molecule is CCS(=O)(=O)C(C)C(=O)N1CCc2ccccc21. The number of carbonyl (C=O) groups is 1. The number of anilines is 1. The summed E-state index contributed by atoms with van der Waals surface area (Å²) < 4.78 is 23.5. The Morgan fingerprint density at radius 1 is 1.39 bits per heavy atom. The first kappa shape index (κ1) is 13.1. The van der Waals surface area contributed by atoms with Crippen LogP contribution in [0.25, 0.3) is 0 Å². The number of nitrogens with zero attached hydrogens (tertiary/aromatic N) is 1. The highest BCUT2D eigenvalue weighted by molar-refractivity contribution is 7.92. The first-order valence-electron chi connectivity index (χ1n) is 6.08. The van der Waals surface area contributed by atoms with Gasteiger partial charge in [0.25, 0.3) is 0 Å². The van der Waals surface area contributed by atoms with Crippen molar-refractivity contribution in [2.24, 2.45) is 0 Å². The topological polar surface area (TPSA) is 54.5 Å². The summed E-state index contributed by atoms with van der Waals surface area (Å²) in [6.45, 7) is 3.61. The van der Waals surface area contributed by atoms with Crippen LogP contribution in [-0.2, 0) is 21.1 Å². The molecule has 0 saturated carbocycles. The molecule has 0 aromatic heterocycles. The number of hydrogen-bond acceptors (Lipinski definition) is 3. The summed E-state index contributed by atoms with van der Waals surface area (Å²) in [6.07, 6.45) is 0.792. The predicted molar refractivity (Wildman–Crippen MR) is 71.4 cm³/mol. The summed E-state index contributed by atoms with van der Waals surface area (Å²) in [5, 5.41) is -0.964. The van der Waals surface area contributed by atoms with Crippen molar-refractivity contribution in [2.75, 3.05) is 17.2 Å². The quantitative estimate of drug-likeness (QED) is 0.832. The number of sulfone groups is 1. The molecule has 0 N–H and O–H groups in total. The number of benzene rings is 1. The number of hydrogen-bond donors (Lipinski definition) is 0. The van der Waals surface area contributed by atoms with Crippen molar-refractivity contribution in [3.05, 3.63) is 29.8 Å². The van der Waals surface area contributed by atoms with E-state index in [1.54, 1.807) is 11.8 Å². The van der Waals surface area contributed by atoms with E-state index in [0.29, 0.717) is 6.54 Å². The minimum Gasteiger partial charge on any atom is -0.311 e. The van der Waals surface area contributed by atoms with Gasteiger partial charge < -0.3 is 4.90 Å². The monoisotopic (exact) mass is 267 g/mol. The summed E-state index contributed by atoms with van der Waals surface area (Å²) in [6, 6.07) is 7.63. The second-order valence-corrected chi connectivity index (χ2v) is 7.07. The molecular weight excluding hydrogens is 250 g/mol. The summed E-state index contributed by atoms with van der Waals surface area (Å²) in [7, 11) is -3.33. The summed E-state index contributed by atoms with van der Waals surface area (Å²) in [4.78, 5) is 13.9. The molecule has 5 heteroatoms. The maximum atomic E-state index is 12.3. The molecule has 0 spiro atoms. The maximum absolute atomic E-state index is 12.3. The van der Waals surface area contributed by atoms with E-state index in [9.17, 15) is 13.2 Å². The van der Waals surface area contributed by atoms with Crippen molar-refractivity contribution >= 4 is 21.4 Å². The van der Waals surface area contributed by atoms with Crippen LogP contribution >= 0.6 is 0 Å². The van der Waals surface area contributed by atoms with Crippen LogP contribution in [0.3, 0.4) is 0 Å². The Labute approximate surface area is 108 Å². The maximum Gasteiger partial charge on any atom is 0.245 e. The van der Waals surface area contributed by atoms with Gasteiger partial charge in [0, 0.05) is 18.0 Å². The van der Waals surface area contributed by atoms with E-state index in [1.807, 2.05) is 24.3 Å². The molecule has 1 heterocycles. The molecule has 0 bridgehead atoms. The largest absolute Gasteiger partial charge is 0.311 e. The van der Waals surface area contributed by atoms with Gasteiger partial charge in [0.1, 0.15) is 5.25 Å². The van der Waals surface area contributed by atoms with E-state index >= 15 is 0 Å². The van der Waals surface area contributed by atoms with Crippen LogP contribution in [0.5, 0.6) is 0 Å². The molecule has 1 atom stereocenters. The van der Waals surface area contributed by atoms with Gasteiger partial charge in [-0.2, -0.15) is 0 Å². The first-order valence-corrected chi connectivity index (χ1v) is 7.79. The zero-order valence-corrected chi connectivity index (χ0v) is 11.4. The Balaban J connectivity index is 2.28. The van der Waals surface area contributed by atoms with Gasteiger partial charge in [-0.15, -0.1) is 0 Å². The molecule has 1 aromatic carbocycles. The summed E-state index contributed by atoms with van der Waals surface area (Å²) >= 11 is 0. The molecule has 1 unspecified atom stereocenters. The fraction of sp³-hybridized carbons (Fsp3) is 0.462. The number of carbonyl (C=O) groups excluding carboxylic acids is 1. The van der Waals surface area contributed by atoms with Crippen LogP contribution in [0, 0.1) is 0 Å². The zero-order valence-electron chi connectivity index (χ0n) is 10.6. The molecule has 1 aromatic rings. The van der Waals surface area contributed by atoms with E-state index in [-0.39, 0.29) is 11.7 Å². The van der Waals surface area contributed by atoms with Crippen molar-refractivity contribution in [1.82, 2.24) is 0 Å². The van der Waals surface area contributed by atoms with Gasteiger partial charge in [0.2, 0.25) is 5.91 Å². The Morgan fingerprint density at radius 3 is 2.72 bits per heavy atom.